The van der Waals surface area contributed by atoms with Gasteiger partial charge in [0.05, 0.1) is 6.61 Å². The summed E-state index contributed by atoms with van der Waals surface area (Å²) in [5.41, 5.74) is 0.109. The van der Waals surface area contributed by atoms with Crippen molar-refractivity contribution in [2.75, 3.05) is 6.61 Å². The lowest BCUT2D eigenvalue weighted by Crippen LogP contribution is -2.62. The molecule has 0 aromatic carbocycles. The quantitative estimate of drug-likeness (QED) is 0.581. The number of hydrogen-bond acceptors (Lipinski definition) is 4. The minimum Gasteiger partial charge on any atom is -0.459 e. The van der Waals surface area contributed by atoms with Crippen molar-refractivity contribution in [3.8, 4) is 0 Å². The Labute approximate surface area is 116 Å². The van der Waals surface area contributed by atoms with Crippen LogP contribution in [0.3, 0.4) is 0 Å². The van der Waals surface area contributed by atoms with Crippen molar-refractivity contribution in [3.63, 3.8) is 0 Å². The largest absolute Gasteiger partial charge is 0.459 e. The number of carbonyl (C=O) groups excluding carboxylic acids is 1. The first-order valence-electron chi connectivity index (χ1n) is 6.90. The molecule has 4 nitrogen and oxygen atoms in total. The summed E-state index contributed by atoms with van der Waals surface area (Å²) in [4.78, 5) is 17.5. The predicted octanol–water partition coefficient (Wildman–Crippen LogP) is 3.08. The highest BCUT2D eigenvalue weighted by atomic mass is 16.7. The molecule has 0 aromatic rings. The maximum atomic E-state index is 11.7. The second kappa shape index (κ2) is 5.63. The van der Waals surface area contributed by atoms with E-state index in [1.165, 1.54) is 0 Å². The highest BCUT2D eigenvalue weighted by Crippen LogP contribution is 2.39. The molecular weight excluding hydrogens is 242 g/mol. The van der Waals surface area contributed by atoms with Crippen LogP contribution in [0.25, 0.3) is 0 Å². The van der Waals surface area contributed by atoms with Crippen LogP contribution < -0.4 is 0 Å². The van der Waals surface area contributed by atoms with E-state index in [-0.39, 0.29) is 23.2 Å². The van der Waals surface area contributed by atoms with Crippen LogP contribution in [-0.4, -0.2) is 34.8 Å². The van der Waals surface area contributed by atoms with Crippen LogP contribution in [0.2, 0.25) is 0 Å². The Morgan fingerprint density at radius 1 is 1.26 bits per heavy atom. The molecule has 1 heterocycles. The Hall–Kier alpha value is -0.870. The van der Waals surface area contributed by atoms with Crippen molar-refractivity contribution in [2.24, 2.45) is 0 Å². The van der Waals surface area contributed by atoms with Crippen molar-refractivity contribution in [1.29, 1.82) is 0 Å². The molecule has 0 bridgehead atoms. The molecule has 1 rings (SSSR count). The molecule has 0 amide bonds. The molecule has 0 aliphatic carbocycles. The normalized spacial score (nSPS) is 23.1. The summed E-state index contributed by atoms with van der Waals surface area (Å²) in [7, 11) is 0. The van der Waals surface area contributed by atoms with Crippen LogP contribution >= 0.6 is 0 Å². The molecular formula is C15H27NO3. The zero-order valence-corrected chi connectivity index (χ0v) is 13.1. The molecule has 110 valence electrons. The van der Waals surface area contributed by atoms with E-state index in [0.29, 0.717) is 12.2 Å². The molecule has 1 fully saturated rings. The van der Waals surface area contributed by atoms with Gasteiger partial charge >= 0.3 is 5.97 Å². The minimum atomic E-state index is -0.304. The van der Waals surface area contributed by atoms with Crippen LogP contribution in [0, 0.1) is 0 Å². The number of hydrogen-bond donors (Lipinski definition) is 0. The summed E-state index contributed by atoms with van der Waals surface area (Å²) in [6, 6.07) is 0. The van der Waals surface area contributed by atoms with Gasteiger partial charge in [-0.15, -0.1) is 0 Å². The summed E-state index contributed by atoms with van der Waals surface area (Å²) in [6.07, 6.45) is 1.43. The maximum Gasteiger partial charge on any atom is 0.333 e. The second-order valence-corrected chi connectivity index (χ2v) is 6.55. The zero-order chi connectivity index (χ0) is 14.8. The Kier molecular flexibility index (Phi) is 4.80. The van der Waals surface area contributed by atoms with Crippen LogP contribution in [-0.2, 0) is 14.4 Å². The number of nitrogens with zero attached hydrogens (tertiary/aromatic N) is 1. The van der Waals surface area contributed by atoms with E-state index in [2.05, 4.69) is 34.3 Å². The van der Waals surface area contributed by atoms with E-state index in [0.717, 1.165) is 12.8 Å². The fourth-order valence-electron chi connectivity index (χ4n) is 2.99. The lowest BCUT2D eigenvalue weighted by Gasteiger charge is -2.53. The van der Waals surface area contributed by atoms with Gasteiger partial charge in [0.25, 0.3) is 0 Å². The van der Waals surface area contributed by atoms with Gasteiger partial charge in [0, 0.05) is 29.5 Å². The zero-order valence-electron chi connectivity index (χ0n) is 13.1. The number of esters is 1. The fraction of sp³-hybridized carbons (Fsp3) is 0.800. The SMILES string of the molecule is C=C(C)C(=O)OC1CC(C)(C)N(OCC)C(C)(C)C1. The van der Waals surface area contributed by atoms with E-state index >= 15 is 0 Å². The van der Waals surface area contributed by atoms with E-state index in [1.807, 2.05) is 12.0 Å². The number of rotatable bonds is 4. The molecule has 0 unspecified atom stereocenters. The lowest BCUT2D eigenvalue weighted by molar-refractivity contribution is -0.290. The molecule has 0 atom stereocenters. The number of ether oxygens (including phenoxy) is 1. The van der Waals surface area contributed by atoms with Crippen molar-refractivity contribution in [3.05, 3.63) is 12.2 Å². The molecule has 19 heavy (non-hydrogen) atoms. The third-order valence-corrected chi connectivity index (χ3v) is 3.43. The minimum absolute atomic E-state index is 0.0918. The van der Waals surface area contributed by atoms with Crippen molar-refractivity contribution in [1.82, 2.24) is 5.06 Å². The summed E-state index contributed by atoms with van der Waals surface area (Å²) >= 11 is 0. The Bertz CT molecular complexity index is 342. The summed E-state index contributed by atoms with van der Waals surface area (Å²) in [6.45, 7) is 16.4. The van der Waals surface area contributed by atoms with Gasteiger partial charge in [-0.25, -0.2) is 4.79 Å². The second-order valence-electron chi connectivity index (χ2n) is 6.55. The highest BCUT2D eigenvalue weighted by Gasteiger charge is 2.47. The molecule has 4 heteroatoms. The number of carbonyl (C=O) groups is 1. The van der Waals surface area contributed by atoms with Gasteiger partial charge in [-0.1, -0.05) is 6.58 Å². The Balaban J connectivity index is 2.84. The van der Waals surface area contributed by atoms with Crippen LogP contribution in [0.4, 0.5) is 0 Å². The van der Waals surface area contributed by atoms with Crippen molar-refractivity contribution in [2.45, 2.75) is 71.6 Å². The monoisotopic (exact) mass is 269 g/mol. The van der Waals surface area contributed by atoms with E-state index < -0.39 is 0 Å². The topological polar surface area (TPSA) is 38.8 Å². The summed E-state index contributed by atoms with van der Waals surface area (Å²) in [5.74, 6) is -0.304. The number of hydroxylamine groups is 2. The standard InChI is InChI=1S/C15H27NO3/c1-8-18-16-14(4,5)9-12(10-15(16,6)7)19-13(17)11(2)3/h12H,2,8-10H2,1,3-7H3. The summed E-state index contributed by atoms with van der Waals surface area (Å²) < 4.78 is 5.53. The lowest BCUT2D eigenvalue weighted by atomic mass is 9.80. The van der Waals surface area contributed by atoms with Gasteiger partial charge in [-0.05, 0) is 41.5 Å². The maximum absolute atomic E-state index is 11.7. The average molecular weight is 269 g/mol. The van der Waals surface area contributed by atoms with Crippen LogP contribution in [0.1, 0.15) is 54.4 Å². The van der Waals surface area contributed by atoms with Crippen LogP contribution in [0.15, 0.2) is 12.2 Å². The molecule has 0 aromatic heterocycles. The van der Waals surface area contributed by atoms with Gasteiger partial charge in [0.2, 0.25) is 0 Å². The molecule has 0 spiro atoms. The molecule has 0 N–H and O–H groups in total. The molecule has 0 saturated carbocycles. The fourth-order valence-corrected chi connectivity index (χ4v) is 2.99. The van der Waals surface area contributed by atoms with Gasteiger partial charge in [0.15, 0.2) is 0 Å². The predicted molar refractivity (Wildman–Crippen MR) is 75.6 cm³/mol. The molecule has 0 radical (unpaired) electrons. The third-order valence-electron chi connectivity index (χ3n) is 3.43. The van der Waals surface area contributed by atoms with E-state index in [4.69, 9.17) is 9.57 Å². The summed E-state index contributed by atoms with van der Waals surface area (Å²) in [5, 5.41) is 2.05. The smallest absolute Gasteiger partial charge is 0.333 e. The average Bonchev–Trinajstić information content (AvgIpc) is 2.22. The first-order valence-corrected chi connectivity index (χ1v) is 6.90. The van der Waals surface area contributed by atoms with Gasteiger partial charge in [-0.3, -0.25) is 4.84 Å². The molecule has 1 aliphatic heterocycles. The van der Waals surface area contributed by atoms with E-state index in [1.54, 1.807) is 6.92 Å². The van der Waals surface area contributed by atoms with Gasteiger partial charge in [-0.2, -0.15) is 5.06 Å². The van der Waals surface area contributed by atoms with Gasteiger partial charge in [0.1, 0.15) is 6.10 Å². The van der Waals surface area contributed by atoms with Crippen LogP contribution in [0.5, 0.6) is 0 Å². The molecule has 1 aliphatic rings. The van der Waals surface area contributed by atoms with Crippen molar-refractivity contribution < 1.29 is 14.4 Å². The van der Waals surface area contributed by atoms with Crippen molar-refractivity contribution >= 4 is 5.97 Å². The van der Waals surface area contributed by atoms with E-state index in [9.17, 15) is 4.79 Å². The third kappa shape index (κ3) is 3.80. The highest BCUT2D eigenvalue weighted by molar-refractivity contribution is 5.87. The first kappa shape index (κ1) is 16.2. The number of piperidine rings is 1. The Morgan fingerprint density at radius 2 is 1.74 bits per heavy atom. The van der Waals surface area contributed by atoms with Gasteiger partial charge < -0.3 is 4.74 Å². The Morgan fingerprint density at radius 3 is 2.11 bits per heavy atom. The molecule has 1 saturated heterocycles. The first-order chi connectivity index (χ1) is 8.60.